The molecule has 0 aliphatic carbocycles. The molecule has 2 atom stereocenters. The highest BCUT2D eigenvalue weighted by atomic mass is 19.1. The third-order valence-corrected chi connectivity index (χ3v) is 3.78. The molecule has 136 valence electrons. The lowest BCUT2D eigenvalue weighted by molar-refractivity contribution is 0.200. The highest BCUT2D eigenvalue weighted by Crippen LogP contribution is 2.17. The number of carbonyl (C=O) groups is 1. The summed E-state index contributed by atoms with van der Waals surface area (Å²) < 4.78 is 24.1. The summed E-state index contributed by atoms with van der Waals surface area (Å²) in [6.45, 7) is 7.66. The maximum absolute atomic E-state index is 13.5. The maximum Gasteiger partial charge on any atom is 0.315 e. The molecular formula is C18H24FN3O3. The third kappa shape index (κ3) is 5.48. The van der Waals surface area contributed by atoms with Crippen LogP contribution in [0.2, 0.25) is 0 Å². The molecule has 0 unspecified atom stereocenters. The SMILES string of the molecule is Cc1noc(C)c1C[C@H](C)NC(=O)NC[C@H](C)Oc1ccccc1F. The second kappa shape index (κ2) is 8.50. The maximum atomic E-state index is 13.5. The van der Waals surface area contributed by atoms with Gasteiger partial charge in [0.1, 0.15) is 11.9 Å². The number of hydrogen-bond donors (Lipinski definition) is 2. The Balaban J connectivity index is 1.75. The van der Waals surface area contributed by atoms with Crippen molar-refractivity contribution in [3.05, 3.63) is 47.1 Å². The van der Waals surface area contributed by atoms with Crippen molar-refractivity contribution in [1.29, 1.82) is 0 Å². The Bertz CT molecular complexity index is 698. The average molecular weight is 349 g/mol. The van der Waals surface area contributed by atoms with Gasteiger partial charge in [-0.2, -0.15) is 0 Å². The molecule has 0 fully saturated rings. The van der Waals surface area contributed by atoms with Crippen molar-refractivity contribution in [2.24, 2.45) is 0 Å². The molecule has 1 aromatic carbocycles. The molecule has 2 amide bonds. The molecule has 2 aromatic rings. The van der Waals surface area contributed by atoms with Crippen LogP contribution in [0.3, 0.4) is 0 Å². The molecule has 0 radical (unpaired) electrons. The quantitative estimate of drug-likeness (QED) is 0.805. The van der Waals surface area contributed by atoms with Crippen LogP contribution in [-0.2, 0) is 6.42 Å². The summed E-state index contributed by atoms with van der Waals surface area (Å²) in [5, 5.41) is 9.48. The second-order valence-electron chi connectivity index (χ2n) is 6.12. The van der Waals surface area contributed by atoms with Gasteiger partial charge in [0.15, 0.2) is 11.6 Å². The molecule has 25 heavy (non-hydrogen) atoms. The molecule has 0 aliphatic rings. The van der Waals surface area contributed by atoms with E-state index >= 15 is 0 Å². The van der Waals surface area contributed by atoms with Crippen LogP contribution >= 0.6 is 0 Å². The van der Waals surface area contributed by atoms with Gasteiger partial charge >= 0.3 is 6.03 Å². The van der Waals surface area contributed by atoms with Crippen molar-refractivity contribution in [1.82, 2.24) is 15.8 Å². The summed E-state index contributed by atoms with van der Waals surface area (Å²) in [6, 6.07) is 5.79. The van der Waals surface area contributed by atoms with Gasteiger partial charge < -0.3 is 19.9 Å². The molecule has 7 heteroatoms. The minimum atomic E-state index is -0.424. The first-order valence-corrected chi connectivity index (χ1v) is 8.24. The van der Waals surface area contributed by atoms with Crippen LogP contribution in [-0.4, -0.2) is 29.9 Å². The predicted octanol–water partition coefficient (Wildman–Crippen LogP) is 3.13. The van der Waals surface area contributed by atoms with E-state index in [1.54, 1.807) is 25.1 Å². The average Bonchev–Trinajstić information content (AvgIpc) is 2.87. The van der Waals surface area contributed by atoms with Gasteiger partial charge in [-0.1, -0.05) is 17.3 Å². The number of aryl methyl sites for hydroxylation is 2. The molecule has 6 nitrogen and oxygen atoms in total. The summed E-state index contributed by atoms with van der Waals surface area (Å²) in [7, 11) is 0. The van der Waals surface area contributed by atoms with E-state index in [0.29, 0.717) is 6.42 Å². The molecular weight excluding hydrogens is 325 g/mol. The lowest BCUT2D eigenvalue weighted by Gasteiger charge is -2.18. The van der Waals surface area contributed by atoms with Crippen LogP contribution < -0.4 is 15.4 Å². The van der Waals surface area contributed by atoms with E-state index in [-0.39, 0.29) is 30.5 Å². The largest absolute Gasteiger partial charge is 0.486 e. The van der Waals surface area contributed by atoms with E-state index in [0.717, 1.165) is 17.0 Å². The normalized spacial score (nSPS) is 13.2. The Morgan fingerprint density at radius 1 is 1.32 bits per heavy atom. The zero-order valence-electron chi connectivity index (χ0n) is 14.9. The molecule has 1 heterocycles. The Kier molecular flexibility index (Phi) is 6.38. The van der Waals surface area contributed by atoms with Gasteiger partial charge in [-0.25, -0.2) is 9.18 Å². The Morgan fingerprint density at radius 2 is 2.04 bits per heavy atom. The molecule has 0 aliphatic heterocycles. The molecule has 1 aromatic heterocycles. The van der Waals surface area contributed by atoms with Crippen LogP contribution in [0, 0.1) is 19.7 Å². The molecule has 0 bridgehead atoms. The van der Waals surface area contributed by atoms with Crippen molar-refractivity contribution in [2.45, 2.75) is 46.3 Å². The fourth-order valence-electron chi connectivity index (χ4n) is 2.46. The van der Waals surface area contributed by atoms with Crippen molar-refractivity contribution in [2.75, 3.05) is 6.54 Å². The first-order chi connectivity index (χ1) is 11.9. The monoisotopic (exact) mass is 349 g/mol. The number of nitrogens with one attached hydrogen (secondary N) is 2. The Morgan fingerprint density at radius 3 is 2.68 bits per heavy atom. The Hall–Kier alpha value is -2.57. The summed E-state index contributed by atoms with van der Waals surface area (Å²) in [5.74, 6) is 0.509. The van der Waals surface area contributed by atoms with Crippen LogP contribution in [0.1, 0.15) is 30.9 Å². The van der Waals surface area contributed by atoms with E-state index in [4.69, 9.17) is 9.26 Å². The molecule has 0 saturated carbocycles. The predicted molar refractivity (Wildman–Crippen MR) is 92.2 cm³/mol. The van der Waals surface area contributed by atoms with Crippen LogP contribution in [0.4, 0.5) is 9.18 Å². The van der Waals surface area contributed by atoms with Gasteiger partial charge in [0.05, 0.1) is 12.2 Å². The van der Waals surface area contributed by atoms with E-state index < -0.39 is 5.82 Å². The van der Waals surface area contributed by atoms with E-state index in [9.17, 15) is 9.18 Å². The lowest BCUT2D eigenvalue weighted by Crippen LogP contribution is -2.44. The molecule has 2 rings (SSSR count). The van der Waals surface area contributed by atoms with Crippen molar-refractivity contribution < 1.29 is 18.4 Å². The second-order valence-corrected chi connectivity index (χ2v) is 6.12. The third-order valence-electron chi connectivity index (χ3n) is 3.78. The lowest BCUT2D eigenvalue weighted by atomic mass is 10.1. The zero-order valence-corrected chi connectivity index (χ0v) is 14.9. The number of halogens is 1. The zero-order chi connectivity index (χ0) is 18.4. The van der Waals surface area contributed by atoms with Crippen LogP contribution in [0.25, 0.3) is 0 Å². The van der Waals surface area contributed by atoms with E-state index in [1.807, 2.05) is 20.8 Å². The smallest absolute Gasteiger partial charge is 0.315 e. The summed E-state index contributed by atoms with van der Waals surface area (Å²) in [6.07, 6.45) is 0.274. The van der Waals surface area contributed by atoms with Crippen LogP contribution in [0.15, 0.2) is 28.8 Å². The number of para-hydroxylation sites is 1. The van der Waals surface area contributed by atoms with Gasteiger partial charge in [0, 0.05) is 11.6 Å². The summed E-state index contributed by atoms with van der Waals surface area (Å²) >= 11 is 0. The van der Waals surface area contributed by atoms with Crippen LogP contribution in [0.5, 0.6) is 5.75 Å². The topological polar surface area (TPSA) is 76.4 Å². The molecule has 2 N–H and O–H groups in total. The molecule has 0 saturated heterocycles. The number of rotatable bonds is 7. The van der Waals surface area contributed by atoms with Crippen molar-refractivity contribution in [3.63, 3.8) is 0 Å². The first-order valence-electron chi connectivity index (χ1n) is 8.24. The molecule has 0 spiro atoms. The number of aromatic nitrogens is 1. The van der Waals surface area contributed by atoms with Gasteiger partial charge in [0.2, 0.25) is 0 Å². The summed E-state index contributed by atoms with van der Waals surface area (Å²) in [5.41, 5.74) is 1.84. The van der Waals surface area contributed by atoms with Crippen molar-refractivity contribution >= 4 is 6.03 Å². The minimum Gasteiger partial charge on any atom is -0.486 e. The standard InChI is InChI=1S/C18H24FN3O3/c1-11(9-15-13(3)22-25-14(15)4)21-18(23)20-10-12(2)24-17-8-6-5-7-16(17)19/h5-8,11-12H,9-10H2,1-4H3,(H2,20,21,23)/t11-,12-/m0/s1. The highest BCUT2D eigenvalue weighted by Gasteiger charge is 2.15. The first kappa shape index (κ1) is 18.8. The minimum absolute atomic E-state index is 0.0837. The number of amides is 2. The number of nitrogens with zero attached hydrogens (tertiary/aromatic N) is 1. The van der Waals surface area contributed by atoms with Gasteiger partial charge in [-0.3, -0.25) is 0 Å². The number of urea groups is 1. The fourth-order valence-corrected chi connectivity index (χ4v) is 2.46. The Labute approximate surface area is 146 Å². The van der Waals surface area contributed by atoms with Gasteiger partial charge in [0.25, 0.3) is 0 Å². The number of hydrogen-bond acceptors (Lipinski definition) is 4. The fraction of sp³-hybridized carbons (Fsp3) is 0.444. The summed E-state index contributed by atoms with van der Waals surface area (Å²) in [4.78, 5) is 12.0. The number of carbonyl (C=O) groups excluding carboxylic acids is 1. The van der Waals surface area contributed by atoms with E-state index in [1.165, 1.54) is 6.07 Å². The van der Waals surface area contributed by atoms with Gasteiger partial charge in [-0.15, -0.1) is 0 Å². The van der Waals surface area contributed by atoms with E-state index in [2.05, 4.69) is 15.8 Å². The number of benzene rings is 1. The number of ether oxygens (including phenoxy) is 1. The van der Waals surface area contributed by atoms with Gasteiger partial charge in [-0.05, 0) is 46.2 Å². The highest BCUT2D eigenvalue weighted by molar-refractivity contribution is 5.74. The van der Waals surface area contributed by atoms with Crippen molar-refractivity contribution in [3.8, 4) is 5.75 Å².